The number of carbonyl (C=O) groups is 2. The lowest BCUT2D eigenvalue weighted by molar-refractivity contribution is -0.138. The van der Waals surface area contributed by atoms with Gasteiger partial charge in [0.15, 0.2) is 0 Å². The van der Waals surface area contributed by atoms with Crippen molar-refractivity contribution in [3.8, 4) is 0 Å². The van der Waals surface area contributed by atoms with Gasteiger partial charge in [-0.25, -0.2) is 0 Å². The van der Waals surface area contributed by atoms with Crippen LogP contribution < -0.4 is 11.1 Å². The summed E-state index contributed by atoms with van der Waals surface area (Å²) in [6.07, 6.45) is 0. The fourth-order valence-electron chi connectivity index (χ4n) is 0.696. The molecule has 14 heavy (non-hydrogen) atoms. The molecule has 4 N–H and O–H groups in total. The van der Waals surface area contributed by atoms with E-state index in [2.05, 4.69) is 5.32 Å². The number of hydrogen-bond acceptors (Lipinski definition) is 4. The lowest BCUT2D eigenvalue weighted by Crippen LogP contribution is -2.37. The summed E-state index contributed by atoms with van der Waals surface area (Å²) in [5.41, 5.74) is 5.17. The molecular formula is C7H14N2O4S. The molecule has 82 valence electrons. The molecule has 0 bridgehead atoms. The second-order valence-corrected chi connectivity index (χ2v) is 4.36. The van der Waals surface area contributed by atoms with Crippen LogP contribution in [-0.4, -0.2) is 45.3 Å². The minimum Gasteiger partial charge on any atom is -0.480 e. The van der Waals surface area contributed by atoms with Crippen LogP contribution in [-0.2, 0) is 20.4 Å². The molecule has 0 saturated carbocycles. The van der Waals surface area contributed by atoms with Crippen molar-refractivity contribution in [1.82, 2.24) is 5.32 Å². The molecule has 6 nitrogen and oxygen atoms in total. The SMILES string of the molecule is CC(=O)NCCS(=O)CC(N)C(=O)O. The van der Waals surface area contributed by atoms with E-state index >= 15 is 0 Å². The summed E-state index contributed by atoms with van der Waals surface area (Å²) in [7, 11) is -1.31. The number of carbonyl (C=O) groups excluding carboxylic acids is 1. The number of amides is 1. The van der Waals surface area contributed by atoms with Gasteiger partial charge in [-0.2, -0.15) is 0 Å². The zero-order valence-electron chi connectivity index (χ0n) is 7.86. The molecule has 0 radical (unpaired) electrons. The summed E-state index contributed by atoms with van der Waals surface area (Å²) >= 11 is 0. The Kier molecular flexibility index (Phi) is 6.06. The van der Waals surface area contributed by atoms with Crippen LogP contribution in [0.25, 0.3) is 0 Å². The van der Waals surface area contributed by atoms with Gasteiger partial charge in [0.1, 0.15) is 6.04 Å². The molecule has 0 aliphatic rings. The van der Waals surface area contributed by atoms with Gasteiger partial charge in [-0.05, 0) is 0 Å². The van der Waals surface area contributed by atoms with Gasteiger partial charge in [-0.15, -0.1) is 0 Å². The molecule has 7 heteroatoms. The van der Waals surface area contributed by atoms with Crippen LogP contribution in [0.5, 0.6) is 0 Å². The van der Waals surface area contributed by atoms with Gasteiger partial charge in [-0.1, -0.05) is 0 Å². The van der Waals surface area contributed by atoms with Gasteiger partial charge in [-0.3, -0.25) is 13.8 Å². The van der Waals surface area contributed by atoms with Gasteiger partial charge in [0.25, 0.3) is 0 Å². The van der Waals surface area contributed by atoms with E-state index in [9.17, 15) is 13.8 Å². The molecule has 0 aliphatic carbocycles. The van der Waals surface area contributed by atoms with Crippen LogP contribution in [0, 0.1) is 0 Å². The largest absolute Gasteiger partial charge is 0.480 e. The highest BCUT2D eigenvalue weighted by molar-refractivity contribution is 7.85. The van der Waals surface area contributed by atoms with Gasteiger partial charge in [0, 0.05) is 35.8 Å². The molecule has 2 atom stereocenters. The monoisotopic (exact) mass is 222 g/mol. The fraction of sp³-hybridized carbons (Fsp3) is 0.714. The van der Waals surface area contributed by atoms with Gasteiger partial charge in [0.2, 0.25) is 5.91 Å². The average molecular weight is 222 g/mol. The number of hydrogen-bond donors (Lipinski definition) is 3. The third-order valence-corrected chi connectivity index (χ3v) is 2.78. The van der Waals surface area contributed by atoms with Crippen molar-refractivity contribution in [2.75, 3.05) is 18.1 Å². The molecule has 0 saturated heterocycles. The van der Waals surface area contributed by atoms with Crippen molar-refractivity contribution < 1.29 is 18.9 Å². The molecule has 0 heterocycles. The van der Waals surface area contributed by atoms with Gasteiger partial charge >= 0.3 is 5.97 Å². The van der Waals surface area contributed by atoms with Crippen molar-refractivity contribution in [3.63, 3.8) is 0 Å². The minimum atomic E-state index is -1.31. The third-order valence-electron chi connectivity index (χ3n) is 1.39. The van der Waals surface area contributed by atoms with Crippen LogP contribution in [0.15, 0.2) is 0 Å². The van der Waals surface area contributed by atoms with Crippen LogP contribution in [0.2, 0.25) is 0 Å². The first kappa shape index (κ1) is 13.1. The molecule has 0 aromatic carbocycles. The highest BCUT2D eigenvalue weighted by Crippen LogP contribution is 1.87. The van der Waals surface area contributed by atoms with Gasteiger partial charge in [0.05, 0.1) is 0 Å². The molecule has 0 spiro atoms. The third kappa shape index (κ3) is 6.55. The average Bonchev–Trinajstić information content (AvgIpc) is 2.02. The summed E-state index contributed by atoms with van der Waals surface area (Å²) < 4.78 is 11.2. The molecular weight excluding hydrogens is 208 g/mol. The van der Waals surface area contributed by atoms with Crippen LogP contribution in [0.3, 0.4) is 0 Å². The predicted octanol–water partition coefficient (Wildman–Crippen LogP) is -1.72. The number of nitrogens with one attached hydrogen (secondary N) is 1. The molecule has 0 aromatic rings. The Bertz CT molecular complexity index is 244. The first-order valence-electron chi connectivity index (χ1n) is 4.01. The highest BCUT2D eigenvalue weighted by atomic mass is 32.2. The van der Waals surface area contributed by atoms with Crippen LogP contribution in [0.1, 0.15) is 6.92 Å². The number of carboxylic acid groups (broad SMARTS) is 1. The molecule has 0 rings (SSSR count). The zero-order chi connectivity index (χ0) is 11.1. The maximum Gasteiger partial charge on any atom is 0.321 e. The summed E-state index contributed by atoms with van der Waals surface area (Å²) in [4.78, 5) is 20.7. The summed E-state index contributed by atoms with van der Waals surface area (Å²) in [6.45, 7) is 1.63. The Balaban J connectivity index is 3.65. The van der Waals surface area contributed by atoms with Crippen LogP contribution >= 0.6 is 0 Å². The molecule has 1 amide bonds. The topological polar surface area (TPSA) is 109 Å². The summed E-state index contributed by atoms with van der Waals surface area (Å²) in [6, 6.07) is -1.10. The second-order valence-electron chi connectivity index (χ2n) is 2.74. The number of aliphatic carboxylic acids is 1. The number of nitrogens with two attached hydrogens (primary N) is 1. The maximum absolute atomic E-state index is 11.2. The Labute approximate surface area is 84.3 Å². The standard InChI is InChI=1S/C7H14N2O4S/c1-5(10)9-2-3-14(13)4-6(8)7(11)12/h6H,2-4,8H2,1H3,(H,9,10)(H,11,12). The molecule has 0 aromatic heterocycles. The van der Waals surface area contributed by atoms with Crippen molar-refractivity contribution in [1.29, 1.82) is 0 Å². The van der Waals surface area contributed by atoms with E-state index in [4.69, 9.17) is 10.8 Å². The lowest BCUT2D eigenvalue weighted by atomic mass is 10.4. The van der Waals surface area contributed by atoms with Crippen molar-refractivity contribution in [2.45, 2.75) is 13.0 Å². The van der Waals surface area contributed by atoms with E-state index in [1.807, 2.05) is 0 Å². The number of rotatable bonds is 6. The minimum absolute atomic E-state index is 0.0884. The Morgan fingerprint density at radius 3 is 2.57 bits per heavy atom. The second kappa shape index (κ2) is 6.50. The molecule has 0 aliphatic heterocycles. The molecule has 0 fully saturated rings. The highest BCUT2D eigenvalue weighted by Gasteiger charge is 2.14. The van der Waals surface area contributed by atoms with E-state index in [1.54, 1.807) is 0 Å². The van der Waals surface area contributed by atoms with Crippen LogP contribution in [0.4, 0.5) is 0 Å². The molecule has 2 unspecified atom stereocenters. The van der Waals surface area contributed by atoms with Crippen molar-refractivity contribution >= 4 is 22.7 Å². The van der Waals surface area contributed by atoms with Crippen molar-refractivity contribution in [2.24, 2.45) is 5.73 Å². The first-order chi connectivity index (χ1) is 6.43. The van der Waals surface area contributed by atoms with E-state index in [1.165, 1.54) is 6.92 Å². The quantitative estimate of drug-likeness (QED) is 0.495. The Morgan fingerprint density at radius 2 is 2.14 bits per heavy atom. The Morgan fingerprint density at radius 1 is 1.57 bits per heavy atom. The van der Waals surface area contributed by atoms with E-state index in [0.717, 1.165) is 0 Å². The van der Waals surface area contributed by atoms with E-state index in [0.29, 0.717) is 0 Å². The number of carboxylic acids is 1. The van der Waals surface area contributed by atoms with Crippen molar-refractivity contribution in [3.05, 3.63) is 0 Å². The predicted molar refractivity (Wildman–Crippen MR) is 52.2 cm³/mol. The first-order valence-corrected chi connectivity index (χ1v) is 5.50. The maximum atomic E-state index is 11.2. The Hall–Kier alpha value is -0.950. The summed E-state index contributed by atoms with van der Waals surface area (Å²) in [5, 5.41) is 10.9. The van der Waals surface area contributed by atoms with Gasteiger partial charge < -0.3 is 16.2 Å². The van der Waals surface area contributed by atoms with E-state index < -0.39 is 22.8 Å². The normalized spacial score (nSPS) is 14.4. The summed E-state index contributed by atoms with van der Waals surface area (Å²) in [5.74, 6) is -1.24. The fourth-order valence-corrected chi connectivity index (χ4v) is 1.74. The zero-order valence-corrected chi connectivity index (χ0v) is 8.67. The lowest BCUT2D eigenvalue weighted by Gasteiger charge is -2.06. The van der Waals surface area contributed by atoms with E-state index in [-0.39, 0.29) is 24.0 Å². The smallest absolute Gasteiger partial charge is 0.321 e.